The lowest BCUT2D eigenvalue weighted by Gasteiger charge is -2.36. The second kappa shape index (κ2) is 2.63. The van der Waals surface area contributed by atoms with E-state index in [4.69, 9.17) is 5.41 Å². The summed E-state index contributed by atoms with van der Waals surface area (Å²) < 4.78 is 29.6. The molecule has 1 amide bonds. The van der Waals surface area contributed by atoms with Crippen LogP contribution in [0.5, 0.6) is 0 Å². The molecule has 0 aromatic rings. The Morgan fingerprint density at radius 1 is 1.50 bits per heavy atom. The van der Waals surface area contributed by atoms with Crippen LogP contribution < -0.4 is 5.32 Å². The van der Waals surface area contributed by atoms with Crippen molar-refractivity contribution in [3.05, 3.63) is 0 Å². The van der Waals surface area contributed by atoms with E-state index in [-0.39, 0.29) is 11.4 Å². The topological polar surface area (TPSA) is 140 Å². The van der Waals surface area contributed by atoms with Crippen molar-refractivity contribution in [3.8, 4) is 0 Å². The van der Waals surface area contributed by atoms with E-state index >= 15 is 0 Å². The molecule has 2 aliphatic heterocycles. The first-order chi connectivity index (χ1) is 5.87. The zero-order chi connectivity index (χ0) is 9.85. The minimum atomic E-state index is -4.06. The average Bonchev–Trinajstić information content (AvgIpc) is 2.13. The van der Waals surface area contributed by atoms with Crippen molar-refractivity contribution in [2.24, 2.45) is 0 Å². The Morgan fingerprint density at radius 2 is 2.00 bits per heavy atom. The molecule has 2 saturated heterocycles. The van der Waals surface area contributed by atoms with Gasteiger partial charge in [0.1, 0.15) is 0 Å². The van der Waals surface area contributed by atoms with Crippen LogP contribution in [-0.4, -0.2) is 43.6 Å². The Hall–Kier alpha value is -1.23. The lowest BCUT2D eigenvalue weighted by molar-refractivity contribution is -0.232. The zero-order valence-electron chi connectivity index (χ0n) is 6.90. The normalized spacial score (nSPS) is 26.8. The van der Waals surface area contributed by atoms with Gasteiger partial charge in [0.2, 0.25) is 5.96 Å². The quantitative estimate of drug-likeness (QED) is 0.453. The van der Waals surface area contributed by atoms with Crippen LogP contribution in [0, 0.1) is 5.41 Å². The summed E-state index contributed by atoms with van der Waals surface area (Å²) in [6.45, 7) is 0. The number of carbonyl (C=O) groups excluding carboxylic acids is 1. The molecule has 80 valence electrons. The summed E-state index contributed by atoms with van der Waals surface area (Å²) in [5, 5.41) is 9.20. The SMILES string of the molecule is CN1C(=N)NC(=O)C12OS(=O)(=O)O2.O. The van der Waals surface area contributed by atoms with Crippen LogP contribution in [0.3, 0.4) is 0 Å². The Kier molecular flexibility index (Phi) is 2.04. The van der Waals surface area contributed by atoms with Gasteiger partial charge in [-0.15, -0.1) is 0 Å². The van der Waals surface area contributed by atoms with Gasteiger partial charge in [0.15, 0.2) is 0 Å². The maximum atomic E-state index is 11.1. The maximum Gasteiger partial charge on any atom is 0.409 e. The van der Waals surface area contributed by atoms with Crippen molar-refractivity contribution in [3.63, 3.8) is 0 Å². The van der Waals surface area contributed by atoms with Crippen molar-refractivity contribution in [1.82, 2.24) is 10.2 Å². The van der Waals surface area contributed by atoms with E-state index in [1.807, 2.05) is 0 Å². The average molecular weight is 225 g/mol. The number of carbonyl (C=O) groups is 1. The van der Waals surface area contributed by atoms with Gasteiger partial charge in [-0.05, 0) is 0 Å². The Bertz CT molecular complexity index is 389. The van der Waals surface area contributed by atoms with Gasteiger partial charge < -0.3 is 5.48 Å². The number of nitrogens with one attached hydrogen (secondary N) is 2. The lowest BCUT2D eigenvalue weighted by atomic mass is 10.4. The van der Waals surface area contributed by atoms with Crippen LogP contribution in [0.25, 0.3) is 0 Å². The standard InChI is InChI=1S/C4H5N3O5S.H2O/c1-7-3(5)6-2(8)4(7)11-13(9,10)12-4;/h1H3,(H2,5,6,8);1H2. The second-order valence-electron chi connectivity index (χ2n) is 2.52. The van der Waals surface area contributed by atoms with Gasteiger partial charge >= 0.3 is 22.2 Å². The summed E-state index contributed by atoms with van der Waals surface area (Å²) in [6, 6.07) is 0. The molecule has 0 radical (unpaired) electrons. The molecular weight excluding hydrogens is 218 g/mol. The van der Waals surface area contributed by atoms with Gasteiger partial charge in [-0.3, -0.25) is 20.4 Å². The summed E-state index contributed by atoms with van der Waals surface area (Å²) in [7, 11) is -2.76. The number of guanidine groups is 1. The maximum absolute atomic E-state index is 11.1. The summed E-state index contributed by atoms with van der Waals surface area (Å²) in [5.74, 6) is -3.09. The monoisotopic (exact) mass is 225 g/mol. The Labute approximate surface area is 78.7 Å². The molecule has 2 heterocycles. The molecule has 0 unspecified atom stereocenters. The van der Waals surface area contributed by atoms with Crippen molar-refractivity contribution >= 4 is 22.3 Å². The number of hydrogen-bond acceptors (Lipinski definition) is 6. The first-order valence-electron chi connectivity index (χ1n) is 3.17. The van der Waals surface area contributed by atoms with Crippen molar-refractivity contribution in [1.29, 1.82) is 5.41 Å². The van der Waals surface area contributed by atoms with Crippen LogP contribution in [0.15, 0.2) is 0 Å². The molecule has 0 bridgehead atoms. The molecule has 10 heteroatoms. The third-order valence-corrected chi connectivity index (χ3v) is 2.59. The minimum absolute atomic E-state index is 0. The van der Waals surface area contributed by atoms with Crippen LogP contribution >= 0.6 is 0 Å². The highest BCUT2D eigenvalue weighted by Crippen LogP contribution is 2.36. The van der Waals surface area contributed by atoms with Crippen LogP contribution in [0.2, 0.25) is 0 Å². The third kappa shape index (κ3) is 1.09. The smallest absolute Gasteiger partial charge is 0.409 e. The van der Waals surface area contributed by atoms with E-state index in [1.165, 1.54) is 7.05 Å². The van der Waals surface area contributed by atoms with Crippen LogP contribution in [-0.2, 0) is 23.6 Å². The third-order valence-electron chi connectivity index (χ3n) is 1.73. The number of rotatable bonds is 0. The Morgan fingerprint density at radius 3 is 2.29 bits per heavy atom. The minimum Gasteiger partial charge on any atom is -0.412 e. The molecule has 2 rings (SSSR count). The highest BCUT2D eigenvalue weighted by Gasteiger charge is 2.66. The molecule has 0 saturated carbocycles. The fourth-order valence-electron chi connectivity index (χ4n) is 1.04. The van der Waals surface area contributed by atoms with E-state index in [0.717, 1.165) is 4.90 Å². The summed E-state index contributed by atoms with van der Waals surface area (Å²) in [6.07, 6.45) is 0. The summed E-state index contributed by atoms with van der Waals surface area (Å²) >= 11 is 0. The van der Waals surface area contributed by atoms with Gasteiger partial charge in [-0.2, -0.15) is 16.8 Å². The van der Waals surface area contributed by atoms with E-state index in [9.17, 15) is 13.2 Å². The molecule has 9 nitrogen and oxygen atoms in total. The molecule has 2 aliphatic rings. The lowest BCUT2D eigenvalue weighted by Crippen LogP contribution is -2.62. The molecule has 14 heavy (non-hydrogen) atoms. The van der Waals surface area contributed by atoms with Gasteiger partial charge in [-0.25, -0.2) is 0 Å². The summed E-state index contributed by atoms with van der Waals surface area (Å²) in [5.41, 5.74) is 0. The number of hydrogen-bond donors (Lipinski definition) is 2. The number of amides is 1. The highest BCUT2D eigenvalue weighted by molar-refractivity contribution is 7.83. The molecule has 2 fully saturated rings. The number of nitrogens with zero attached hydrogens (tertiary/aromatic N) is 1. The second-order valence-corrected chi connectivity index (χ2v) is 3.67. The fraction of sp³-hybridized carbons (Fsp3) is 0.500. The molecule has 0 aromatic heterocycles. The summed E-state index contributed by atoms with van der Waals surface area (Å²) in [4.78, 5) is 12.0. The van der Waals surface area contributed by atoms with Crippen molar-refractivity contribution in [2.75, 3.05) is 7.05 Å². The van der Waals surface area contributed by atoms with Crippen molar-refractivity contribution < 1.29 is 27.1 Å². The highest BCUT2D eigenvalue weighted by atomic mass is 32.3. The first-order valence-corrected chi connectivity index (χ1v) is 4.51. The van der Waals surface area contributed by atoms with Gasteiger partial charge in [0.05, 0.1) is 0 Å². The number of likely N-dealkylation sites (N-methyl/N-ethyl adjacent to an activating group) is 1. The largest absolute Gasteiger partial charge is 0.412 e. The predicted molar refractivity (Wildman–Crippen MR) is 41.1 cm³/mol. The van der Waals surface area contributed by atoms with Gasteiger partial charge in [0, 0.05) is 7.05 Å². The molecule has 0 aromatic carbocycles. The molecule has 4 N–H and O–H groups in total. The van der Waals surface area contributed by atoms with E-state index < -0.39 is 22.2 Å². The fourth-order valence-corrected chi connectivity index (χ4v) is 1.98. The van der Waals surface area contributed by atoms with Crippen LogP contribution in [0.1, 0.15) is 0 Å². The molecule has 1 spiro atoms. The molecule has 0 atom stereocenters. The van der Waals surface area contributed by atoms with E-state index in [0.29, 0.717) is 0 Å². The Balaban J connectivity index is 0.000000980. The molecular formula is C4H7N3O6S. The van der Waals surface area contributed by atoms with E-state index in [2.05, 4.69) is 13.7 Å². The zero-order valence-corrected chi connectivity index (χ0v) is 7.71. The molecule has 0 aliphatic carbocycles. The van der Waals surface area contributed by atoms with Gasteiger partial charge in [0.25, 0.3) is 0 Å². The van der Waals surface area contributed by atoms with Crippen molar-refractivity contribution in [2.45, 2.75) is 5.91 Å². The first kappa shape index (κ1) is 10.8. The van der Waals surface area contributed by atoms with Crippen LogP contribution in [0.4, 0.5) is 0 Å². The van der Waals surface area contributed by atoms with Gasteiger partial charge in [-0.1, -0.05) is 0 Å². The van der Waals surface area contributed by atoms with E-state index in [1.54, 1.807) is 0 Å². The predicted octanol–water partition coefficient (Wildman–Crippen LogP) is -2.90.